The molecule has 0 aromatic heterocycles. The highest BCUT2D eigenvalue weighted by molar-refractivity contribution is 5.61. The van der Waals surface area contributed by atoms with Crippen LogP contribution in [0.3, 0.4) is 0 Å². The lowest BCUT2D eigenvalue weighted by Gasteiger charge is -2.13. The summed E-state index contributed by atoms with van der Waals surface area (Å²) in [5.74, 6) is 2.54. The van der Waals surface area contributed by atoms with Gasteiger partial charge in [0.05, 0.1) is 6.61 Å². The van der Waals surface area contributed by atoms with E-state index >= 15 is 0 Å². The second-order valence-electron chi connectivity index (χ2n) is 6.50. The standard InChI is InChI=1S/C24H22O4/c1-2-26-22-14-18(12-13-21(22)27-16-17-8-4-3-5-9-17)15-23-24(25)19-10-6-7-11-20(19)28-23/h3-15,24-25H,2,16H2,1H3. The summed E-state index contributed by atoms with van der Waals surface area (Å²) in [7, 11) is 0. The molecule has 0 fully saturated rings. The van der Waals surface area contributed by atoms with E-state index in [1.54, 1.807) is 0 Å². The van der Waals surface area contributed by atoms with Crippen molar-refractivity contribution in [2.75, 3.05) is 6.61 Å². The van der Waals surface area contributed by atoms with Gasteiger partial charge in [0.15, 0.2) is 11.5 Å². The van der Waals surface area contributed by atoms with Crippen molar-refractivity contribution < 1.29 is 19.3 Å². The summed E-state index contributed by atoms with van der Waals surface area (Å²) in [5.41, 5.74) is 2.75. The Kier molecular flexibility index (Phi) is 5.31. The van der Waals surface area contributed by atoms with Gasteiger partial charge in [-0.05, 0) is 42.3 Å². The van der Waals surface area contributed by atoms with Gasteiger partial charge in [0.1, 0.15) is 24.2 Å². The molecule has 142 valence electrons. The largest absolute Gasteiger partial charge is 0.490 e. The van der Waals surface area contributed by atoms with Gasteiger partial charge in [-0.25, -0.2) is 0 Å². The molecule has 0 radical (unpaired) electrons. The molecule has 1 heterocycles. The lowest BCUT2D eigenvalue weighted by molar-refractivity contribution is 0.193. The predicted octanol–water partition coefficient (Wildman–Crippen LogP) is 5.13. The van der Waals surface area contributed by atoms with E-state index < -0.39 is 6.10 Å². The fourth-order valence-electron chi connectivity index (χ4n) is 3.15. The Bertz CT molecular complexity index is 979. The van der Waals surface area contributed by atoms with Crippen molar-refractivity contribution in [2.45, 2.75) is 19.6 Å². The van der Waals surface area contributed by atoms with Gasteiger partial charge in [-0.1, -0.05) is 54.6 Å². The van der Waals surface area contributed by atoms with Crippen molar-refractivity contribution in [3.05, 3.63) is 95.2 Å². The Balaban J connectivity index is 1.55. The van der Waals surface area contributed by atoms with Crippen LogP contribution in [0.2, 0.25) is 0 Å². The fourth-order valence-corrected chi connectivity index (χ4v) is 3.15. The molecule has 0 aliphatic carbocycles. The van der Waals surface area contributed by atoms with Gasteiger partial charge in [-0.2, -0.15) is 0 Å². The van der Waals surface area contributed by atoms with Crippen LogP contribution < -0.4 is 14.2 Å². The Labute approximate surface area is 164 Å². The number of rotatable bonds is 6. The summed E-state index contributed by atoms with van der Waals surface area (Å²) in [5, 5.41) is 10.5. The van der Waals surface area contributed by atoms with Gasteiger partial charge in [0, 0.05) is 5.56 Å². The average molecular weight is 374 g/mol. The normalized spacial score (nSPS) is 16.5. The number of aliphatic hydroxyl groups is 1. The van der Waals surface area contributed by atoms with Crippen LogP contribution in [-0.2, 0) is 6.61 Å². The van der Waals surface area contributed by atoms with E-state index in [-0.39, 0.29) is 0 Å². The highest BCUT2D eigenvalue weighted by Crippen LogP contribution is 2.40. The number of para-hydroxylation sites is 1. The lowest BCUT2D eigenvalue weighted by Crippen LogP contribution is -2.00. The molecule has 4 rings (SSSR count). The number of hydrogen-bond donors (Lipinski definition) is 1. The molecule has 0 bridgehead atoms. The zero-order chi connectivity index (χ0) is 19.3. The molecule has 1 unspecified atom stereocenters. The maximum atomic E-state index is 10.5. The smallest absolute Gasteiger partial charge is 0.161 e. The SMILES string of the molecule is CCOc1cc(C=C2Oc3ccccc3C2O)ccc1OCc1ccccc1. The van der Waals surface area contributed by atoms with E-state index in [9.17, 15) is 5.11 Å². The number of ether oxygens (including phenoxy) is 3. The van der Waals surface area contributed by atoms with Gasteiger partial charge in [-0.3, -0.25) is 0 Å². The third-order valence-corrected chi connectivity index (χ3v) is 4.52. The minimum Gasteiger partial charge on any atom is -0.490 e. The number of hydrogen-bond acceptors (Lipinski definition) is 4. The van der Waals surface area contributed by atoms with Gasteiger partial charge < -0.3 is 19.3 Å². The number of aliphatic hydroxyl groups excluding tert-OH is 1. The van der Waals surface area contributed by atoms with E-state index in [0.29, 0.717) is 36.2 Å². The molecule has 1 N–H and O–H groups in total. The van der Waals surface area contributed by atoms with E-state index in [1.165, 1.54) is 0 Å². The van der Waals surface area contributed by atoms with Crippen LogP contribution in [0, 0.1) is 0 Å². The zero-order valence-corrected chi connectivity index (χ0v) is 15.7. The van der Waals surface area contributed by atoms with E-state index in [0.717, 1.165) is 16.7 Å². The summed E-state index contributed by atoms with van der Waals surface area (Å²) < 4.78 is 17.5. The summed E-state index contributed by atoms with van der Waals surface area (Å²) in [6.45, 7) is 2.94. The second kappa shape index (κ2) is 8.19. The molecule has 0 spiro atoms. The van der Waals surface area contributed by atoms with Crippen molar-refractivity contribution in [2.24, 2.45) is 0 Å². The van der Waals surface area contributed by atoms with Crippen LogP contribution >= 0.6 is 0 Å². The molecule has 4 heteroatoms. The minimum atomic E-state index is -0.763. The van der Waals surface area contributed by atoms with Crippen LogP contribution in [0.4, 0.5) is 0 Å². The van der Waals surface area contributed by atoms with Crippen molar-refractivity contribution in [1.82, 2.24) is 0 Å². The summed E-state index contributed by atoms with van der Waals surface area (Å²) in [4.78, 5) is 0. The molecule has 3 aromatic rings. The van der Waals surface area contributed by atoms with Crippen LogP contribution in [0.5, 0.6) is 17.2 Å². The minimum absolute atomic E-state index is 0.471. The first-order valence-corrected chi connectivity index (χ1v) is 9.34. The Hall–Kier alpha value is -3.24. The maximum Gasteiger partial charge on any atom is 0.161 e. The molecule has 3 aromatic carbocycles. The van der Waals surface area contributed by atoms with Crippen molar-refractivity contribution in [3.8, 4) is 17.2 Å². The highest BCUT2D eigenvalue weighted by Gasteiger charge is 2.27. The van der Waals surface area contributed by atoms with Gasteiger partial charge in [-0.15, -0.1) is 0 Å². The molecule has 4 nitrogen and oxygen atoms in total. The monoisotopic (exact) mass is 374 g/mol. The topological polar surface area (TPSA) is 47.9 Å². The summed E-state index contributed by atoms with van der Waals surface area (Å²) >= 11 is 0. The van der Waals surface area contributed by atoms with Gasteiger partial charge in [0.2, 0.25) is 0 Å². The number of fused-ring (bicyclic) bond motifs is 1. The van der Waals surface area contributed by atoms with Crippen LogP contribution in [0.15, 0.2) is 78.6 Å². The molecule has 0 saturated carbocycles. The summed E-state index contributed by atoms with van der Waals surface area (Å²) in [6.07, 6.45) is 1.06. The molecule has 0 saturated heterocycles. The average Bonchev–Trinajstić information content (AvgIpc) is 3.04. The zero-order valence-electron chi connectivity index (χ0n) is 15.7. The predicted molar refractivity (Wildman–Crippen MR) is 108 cm³/mol. The van der Waals surface area contributed by atoms with Crippen molar-refractivity contribution in [1.29, 1.82) is 0 Å². The van der Waals surface area contributed by atoms with Crippen molar-refractivity contribution in [3.63, 3.8) is 0 Å². The molecular formula is C24H22O4. The molecule has 1 atom stereocenters. The quantitative estimate of drug-likeness (QED) is 0.650. The van der Waals surface area contributed by atoms with Crippen LogP contribution in [0.25, 0.3) is 6.08 Å². The van der Waals surface area contributed by atoms with Gasteiger partial charge >= 0.3 is 0 Å². The first kappa shape index (κ1) is 18.1. The first-order valence-electron chi connectivity index (χ1n) is 9.34. The van der Waals surface area contributed by atoms with E-state index in [1.807, 2.05) is 85.8 Å². The van der Waals surface area contributed by atoms with E-state index in [4.69, 9.17) is 14.2 Å². The summed E-state index contributed by atoms with van der Waals surface area (Å²) in [6, 6.07) is 23.2. The Morgan fingerprint density at radius 1 is 0.929 bits per heavy atom. The second-order valence-corrected chi connectivity index (χ2v) is 6.50. The first-order chi connectivity index (χ1) is 13.7. The van der Waals surface area contributed by atoms with Crippen LogP contribution in [0.1, 0.15) is 29.7 Å². The molecule has 1 aliphatic rings. The van der Waals surface area contributed by atoms with Crippen molar-refractivity contribution >= 4 is 6.08 Å². The molecular weight excluding hydrogens is 352 g/mol. The third kappa shape index (κ3) is 3.87. The molecule has 0 amide bonds. The maximum absolute atomic E-state index is 10.5. The lowest BCUT2D eigenvalue weighted by atomic mass is 10.1. The number of benzene rings is 3. The van der Waals surface area contributed by atoms with E-state index in [2.05, 4.69) is 0 Å². The third-order valence-electron chi connectivity index (χ3n) is 4.52. The molecule has 1 aliphatic heterocycles. The molecule has 28 heavy (non-hydrogen) atoms. The van der Waals surface area contributed by atoms with Crippen LogP contribution in [-0.4, -0.2) is 11.7 Å². The fraction of sp³-hybridized carbons (Fsp3) is 0.167. The Morgan fingerprint density at radius 3 is 2.50 bits per heavy atom. The Morgan fingerprint density at radius 2 is 1.71 bits per heavy atom. The highest BCUT2D eigenvalue weighted by atomic mass is 16.5. The van der Waals surface area contributed by atoms with Gasteiger partial charge in [0.25, 0.3) is 0 Å².